The van der Waals surface area contributed by atoms with Gasteiger partial charge in [0.2, 0.25) is 0 Å². The molecule has 1 amide bonds. The SMILES string of the molecule is O=C(NCC(c1ccco1)N1CCCC1)c1c(F)cccc1Cl. The summed E-state index contributed by atoms with van der Waals surface area (Å²) in [7, 11) is 0. The molecule has 1 fully saturated rings. The molecule has 0 radical (unpaired) electrons. The molecule has 1 atom stereocenters. The van der Waals surface area contributed by atoms with Crippen molar-refractivity contribution in [3.63, 3.8) is 0 Å². The number of rotatable bonds is 5. The Morgan fingerprint density at radius 1 is 1.30 bits per heavy atom. The summed E-state index contributed by atoms with van der Waals surface area (Å²) in [6, 6.07) is 7.88. The first-order valence-corrected chi connectivity index (χ1v) is 8.04. The summed E-state index contributed by atoms with van der Waals surface area (Å²) in [5.74, 6) is -0.332. The number of nitrogens with one attached hydrogen (secondary N) is 1. The Labute approximate surface area is 139 Å². The van der Waals surface area contributed by atoms with Gasteiger partial charge < -0.3 is 9.73 Å². The smallest absolute Gasteiger partial charge is 0.255 e. The molecular formula is C17H18ClFN2O2. The predicted octanol–water partition coefficient (Wildman–Crippen LogP) is 3.64. The first-order chi connectivity index (χ1) is 11.2. The number of hydrogen-bond acceptors (Lipinski definition) is 3. The second-order valence-electron chi connectivity index (χ2n) is 5.58. The maximum Gasteiger partial charge on any atom is 0.255 e. The van der Waals surface area contributed by atoms with Crippen molar-refractivity contribution in [2.45, 2.75) is 18.9 Å². The number of carbonyl (C=O) groups is 1. The first kappa shape index (κ1) is 16.0. The quantitative estimate of drug-likeness (QED) is 0.906. The molecule has 0 saturated carbocycles. The highest BCUT2D eigenvalue weighted by Crippen LogP contribution is 2.25. The van der Waals surface area contributed by atoms with Crippen molar-refractivity contribution in [3.8, 4) is 0 Å². The molecule has 2 aromatic rings. The predicted molar refractivity (Wildman–Crippen MR) is 86.0 cm³/mol. The van der Waals surface area contributed by atoms with Crippen LogP contribution in [0.25, 0.3) is 0 Å². The van der Waals surface area contributed by atoms with E-state index >= 15 is 0 Å². The largest absolute Gasteiger partial charge is 0.468 e. The van der Waals surface area contributed by atoms with E-state index in [1.807, 2.05) is 12.1 Å². The Morgan fingerprint density at radius 2 is 2.09 bits per heavy atom. The molecular weight excluding hydrogens is 319 g/mol. The Balaban J connectivity index is 1.72. The average molecular weight is 337 g/mol. The normalized spacial score (nSPS) is 16.4. The van der Waals surface area contributed by atoms with Gasteiger partial charge in [-0.15, -0.1) is 0 Å². The fraction of sp³-hybridized carbons (Fsp3) is 0.353. The molecule has 1 aliphatic heterocycles. The highest BCUT2D eigenvalue weighted by atomic mass is 35.5. The number of carbonyl (C=O) groups excluding carboxylic acids is 1. The van der Waals surface area contributed by atoms with E-state index in [-0.39, 0.29) is 16.6 Å². The van der Waals surface area contributed by atoms with Gasteiger partial charge in [-0.2, -0.15) is 0 Å². The molecule has 1 aromatic heterocycles. The molecule has 0 bridgehead atoms. The molecule has 122 valence electrons. The van der Waals surface area contributed by atoms with Crippen LogP contribution in [0.15, 0.2) is 41.0 Å². The maximum absolute atomic E-state index is 13.8. The molecule has 1 aliphatic rings. The number of benzene rings is 1. The first-order valence-electron chi connectivity index (χ1n) is 7.66. The molecule has 0 spiro atoms. The molecule has 0 aliphatic carbocycles. The third-order valence-corrected chi connectivity index (χ3v) is 4.41. The fourth-order valence-corrected chi connectivity index (χ4v) is 3.19. The third kappa shape index (κ3) is 3.57. The molecule has 1 unspecified atom stereocenters. The minimum absolute atomic E-state index is 0.0537. The molecule has 4 nitrogen and oxygen atoms in total. The van der Waals surface area contributed by atoms with Crippen LogP contribution >= 0.6 is 11.6 Å². The van der Waals surface area contributed by atoms with E-state index in [0.29, 0.717) is 6.54 Å². The van der Waals surface area contributed by atoms with Crippen LogP contribution in [0, 0.1) is 5.82 Å². The van der Waals surface area contributed by atoms with Crippen LogP contribution < -0.4 is 5.32 Å². The van der Waals surface area contributed by atoms with Crippen molar-refractivity contribution >= 4 is 17.5 Å². The van der Waals surface area contributed by atoms with Crippen LogP contribution in [0.4, 0.5) is 4.39 Å². The van der Waals surface area contributed by atoms with Crippen LogP contribution in [0.1, 0.15) is 35.0 Å². The van der Waals surface area contributed by atoms with E-state index in [0.717, 1.165) is 31.7 Å². The molecule has 1 aromatic carbocycles. The molecule has 3 rings (SSSR count). The number of likely N-dealkylation sites (tertiary alicyclic amines) is 1. The van der Waals surface area contributed by atoms with Crippen molar-refractivity contribution in [2.75, 3.05) is 19.6 Å². The standard InChI is InChI=1S/C17H18ClFN2O2/c18-12-5-3-6-13(19)16(12)17(22)20-11-14(15-7-4-10-23-15)21-8-1-2-9-21/h3-7,10,14H,1-2,8-9,11H2,(H,20,22). The Kier molecular flexibility index (Phi) is 4.98. The lowest BCUT2D eigenvalue weighted by molar-refractivity contribution is 0.0930. The van der Waals surface area contributed by atoms with E-state index in [1.54, 1.807) is 6.26 Å². The van der Waals surface area contributed by atoms with E-state index in [9.17, 15) is 9.18 Å². The van der Waals surface area contributed by atoms with E-state index in [2.05, 4.69) is 10.2 Å². The van der Waals surface area contributed by atoms with Gasteiger partial charge >= 0.3 is 0 Å². The van der Waals surface area contributed by atoms with Gasteiger partial charge in [-0.25, -0.2) is 4.39 Å². The number of nitrogens with zero attached hydrogens (tertiary/aromatic N) is 1. The van der Waals surface area contributed by atoms with Crippen LogP contribution in [-0.2, 0) is 0 Å². The minimum atomic E-state index is -0.620. The fourth-order valence-electron chi connectivity index (χ4n) is 2.94. The summed E-state index contributed by atoms with van der Waals surface area (Å²) in [6.45, 7) is 2.26. The Bertz CT molecular complexity index is 649. The summed E-state index contributed by atoms with van der Waals surface area (Å²) in [5.41, 5.74) is -0.117. The average Bonchev–Trinajstić information content (AvgIpc) is 3.21. The second-order valence-corrected chi connectivity index (χ2v) is 5.99. The number of hydrogen-bond donors (Lipinski definition) is 1. The van der Waals surface area contributed by atoms with Gasteiger partial charge in [0.1, 0.15) is 11.6 Å². The zero-order valence-electron chi connectivity index (χ0n) is 12.6. The van der Waals surface area contributed by atoms with Crippen LogP contribution in [0.5, 0.6) is 0 Å². The number of halogens is 2. The van der Waals surface area contributed by atoms with Crippen molar-refractivity contribution in [1.29, 1.82) is 0 Å². The zero-order valence-corrected chi connectivity index (χ0v) is 13.4. The summed E-state index contributed by atoms with van der Waals surface area (Å²) in [5, 5.41) is 2.89. The summed E-state index contributed by atoms with van der Waals surface area (Å²) in [4.78, 5) is 14.6. The van der Waals surface area contributed by atoms with E-state index < -0.39 is 11.7 Å². The lowest BCUT2D eigenvalue weighted by atomic mass is 10.1. The minimum Gasteiger partial charge on any atom is -0.468 e. The number of amides is 1. The molecule has 1 N–H and O–H groups in total. The Hall–Kier alpha value is -1.85. The van der Waals surface area contributed by atoms with E-state index in [4.69, 9.17) is 16.0 Å². The third-order valence-electron chi connectivity index (χ3n) is 4.10. The summed E-state index contributed by atoms with van der Waals surface area (Å²) >= 11 is 5.94. The van der Waals surface area contributed by atoms with Crippen LogP contribution in [0.3, 0.4) is 0 Å². The van der Waals surface area contributed by atoms with Gasteiger partial charge in [0.15, 0.2) is 0 Å². The van der Waals surface area contributed by atoms with Gasteiger partial charge in [-0.3, -0.25) is 9.69 Å². The van der Waals surface area contributed by atoms with Crippen molar-refractivity contribution < 1.29 is 13.6 Å². The second kappa shape index (κ2) is 7.15. The van der Waals surface area contributed by atoms with Crippen LogP contribution in [0.2, 0.25) is 5.02 Å². The van der Waals surface area contributed by atoms with Gasteiger partial charge in [-0.05, 0) is 50.2 Å². The van der Waals surface area contributed by atoms with Crippen molar-refractivity contribution in [1.82, 2.24) is 10.2 Å². The maximum atomic E-state index is 13.8. The monoisotopic (exact) mass is 336 g/mol. The van der Waals surface area contributed by atoms with Crippen LogP contribution in [-0.4, -0.2) is 30.4 Å². The van der Waals surface area contributed by atoms with Crippen molar-refractivity contribution in [3.05, 3.63) is 58.8 Å². The summed E-state index contributed by atoms with van der Waals surface area (Å²) in [6.07, 6.45) is 3.88. The lowest BCUT2D eigenvalue weighted by Crippen LogP contribution is -2.37. The van der Waals surface area contributed by atoms with Gasteiger partial charge in [0, 0.05) is 6.54 Å². The Morgan fingerprint density at radius 3 is 2.74 bits per heavy atom. The number of furan rings is 1. The lowest BCUT2D eigenvalue weighted by Gasteiger charge is -2.26. The molecule has 23 heavy (non-hydrogen) atoms. The van der Waals surface area contributed by atoms with E-state index in [1.165, 1.54) is 18.2 Å². The molecule has 2 heterocycles. The topological polar surface area (TPSA) is 45.5 Å². The van der Waals surface area contributed by atoms with Crippen molar-refractivity contribution in [2.24, 2.45) is 0 Å². The summed E-state index contributed by atoms with van der Waals surface area (Å²) < 4.78 is 19.3. The highest BCUT2D eigenvalue weighted by Gasteiger charge is 2.26. The molecule has 1 saturated heterocycles. The molecule has 6 heteroatoms. The zero-order chi connectivity index (χ0) is 16.2. The van der Waals surface area contributed by atoms with Gasteiger partial charge in [0.05, 0.1) is 22.9 Å². The van der Waals surface area contributed by atoms with Gasteiger partial charge in [0.25, 0.3) is 5.91 Å². The highest BCUT2D eigenvalue weighted by molar-refractivity contribution is 6.33. The van der Waals surface area contributed by atoms with Gasteiger partial charge in [-0.1, -0.05) is 17.7 Å².